The van der Waals surface area contributed by atoms with Gasteiger partial charge in [0.1, 0.15) is 6.33 Å². The van der Waals surface area contributed by atoms with Crippen LogP contribution in [0.25, 0.3) is 22.5 Å². The van der Waals surface area contributed by atoms with Crippen molar-refractivity contribution >= 4 is 11.6 Å². The van der Waals surface area contributed by atoms with Gasteiger partial charge >= 0.3 is 0 Å². The van der Waals surface area contributed by atoms with Crippen LogP contribution in [0.1, 0.15) is 15.9 Å². The first-order valence-corrected chi connectivity index (χ1v) is 8.64. The Morgan fingerprint density at radius 3 is 2.48 bits per heavy atom. The highest BCUT2D eigenvalue weighted by Gasteiger charge is 2.09. The molecule has 132 valence electrons. The molecule has 1 heterocycles. The van der Waals surface area contributed by atoms with Gasteiger partial charge in [0.25, 0.3) is 5.91 Å². The molecular weight excluding hydrogens is 336 g/mol. The smallest absolute Gasteiger partial charge is 0.255 e. The highest BCUT2D eigenvalue weighted by molar-refractivity contribution is 6.05. The van der Waals surface area contributed by atoms with E-state index in [0.717, 1.165) is 22.4 Å². The van der Waals surface area contributed by atoms with Crippen molar-refractivity contribution in [2.45, 2.75) is 6.92 Å². The number of H-pyrrole nitrogens is 1. The van der Waals surface area contributed by atoms with Gasteiger partial charge in [-0.2, -0.15) is 5.10 Å². The highest BCUT2D eigenvalue weighted by atomic mass is 16.1. The molecule has 0 spiro atoms. The molecule has 0 aliphatic heterocycles. The van der Waals surface area contributed by atoms with Gasteiger partial charge in [0.15, 0.2) is 5.82 Å². The van der Waals surface area contributed by atoms with Crippen molar-refractivity contribution < 1.29 is 4.79 Å². The Balaban J connectivity index is 1.53. The SMILES string of the molecule is Cc1ccccc1-c1cccc(C(=O)Nc2ccc(-c3ncn[nH]3)cc2)c1. The number of anilines is 1. The monoisotopic (exact) mass is 354 g/mol. The molecular formula is C22H18N4O. The molecule has 0 aliphatic carbocycles. The second-order valence-corrected chi connectivity index (χ2v) is 6.26. The molecule has 0 aliphatic rings. The van der Waals surface area contributed by atoms with E-state index >= 15 is 0 Å². The molecule has 0 fully saturated rings. The summed E-state index contributed by atoms with van der Waals surface area (Å²) in [7, 11) is 0. The molecule has 0 saturated heterocycles. The summed E-state index contributed by atoms with van der Waals surface area (Å²) in [6.45, 7) is 2.07. The van der Waals surface area contributed by atoms with E-state index in [0.29, 0.717) is 11.4 Å². The van der Waals surface area contributed by atoms with Crippen LogP contribution in [0.2, 0.25) is 0 Å². The molecule has 0 unspecified atom stereocenters. The number of carbonyl (C=O) groups excluding carboxylic acids is 1. The van der Waals surface area contributed by atoms with Crippen molar-refractivity contribution in [3.63, 3.8) is 0 Å². The fourth-order valence-electron chi connectivity index (χ4n) is 2.98. The van der Waals surface area contributed by atoms with Gasteiger partial charge in [0.2, 0.25) is 0 Å². The number of hydrogen-bond donors (Lipinski definition) is 2. The molecule has 27 heavy (non-hydrogen) atoms. The molecule has 0 radical (unpaired) electrons. The number of nitrogens with one attached hydrogen (secondary N) is 2. The third-order valence-corrected chi connectivity index (χ3v) is 4.41. The van der Waals surface area contributed by atoms with E-state index in [9.17, 15) is 4.79 Å². The molecule has 1 amide bonds. The zero-order valence-electron chi connectivity index (χ0n) is 14.8. The fraction of sp³-hybridized carbons (Fsp3) is 0.0455. The minimum Gasteiger partial charge on any atom is -0.322 e. The number of aromatic nitrogens is 3. The fourth-order valence-corrected chi connectivity index (χ4v) is 2.98. The first-order valence-electron chi connectivity index (χ1n) is 8.64. The van der Waals surface area contributed by atoms with Crippen LogP contribution >= 0.6 is 0 Å². The summed E-state index contributed by atoms with van der Waals surface area (Å²) < 4.78 is 0. The lowest BCUT2D eigenvalue weighted by Crippen LogP contribution is -2.11. The summed E-state index contributed by atoms with van der Waals surface area (Å²) in [5.41, 5.74) is 5.59. The maximum atomic E-state index is 12.7. The summed E-state index contributed by atoms with van der Waals surface area (Å²) in [5, 5.41) is 9.60. The molecule has 5 nitrogen and oxygen atoms in total. The molecule has 0 atom stereocenters. The zero-order chi connectivity index (χ0) is 18.6. The number of rotatable bonds is 4. The van der Waals surface area contributed by atoms with Gasteiger partial charge in [0.05, 0.1) is 0 Å². The van der Waals surface area contributed by atoms with Crippen molar-refractivity contribution in [3.8, 4) is 22.5 Å². The van der Waals surface area contributed by atoms with E-state index in [-0.39, 0.29) is 5.91 Å². The summed E-state index contributed by atoms with van der Waals surface area (Å²) in [6.07, 6.45) is 1.46. The predicted molar refractivity (Wildman–Crippen MR) is 106 cm³/mol. The molecule has 0 saturated carbocycles. The normalized spacial score (nSPS) is 10.6. The lowest BCUT2D eigenvalue weighted by molar-refractivity contribution is 0.102. The standard InChI is InChI=1S/C22H18N4O/c1-15-5-2-3-8-20(15)17-6-4-7-18(13-17)22(27)25-19-11-9-16(10-12-19)21-23-14-24-26-21/h2-14H,1H3,(H,25,27)(H,23,24,26). The Morgan fingerprint density at radius 2 is 1.74 bits per heavy atom. The Hall–Kier alpha value is -3.73. The van der Waals surface area contributed by atoms with Crippen LogP contribution in [0.3, 0.4) is 0 Å². The van der Waals surface area contributed by atoms with E-state index in [1.807, 2.05) is 60.7 Å². The summed E-state index contributed by atoms with van der Waals surface area (Å²) >= 11 is 0. The van der Waals surface area contributed by atoms with E-state index in [1.54, 1.807) is 0 Å². The van der Waals surface area contributed by atoms with Crippen LogP contribution in [-0.4, -0.2) is 21.1 Å². The number of amides is 1. The van der Waals surface area contributed by atoms with Crippen LogP contribution in [-0.2, 0) is 0 Å². The third kappa shape index (κ3) is 3.62. The second kappa shape index (κ2) is 7.25. The van der Waals surface area contributed by atoms with Crippen molar-refractivity contribution in [1.29, 1.82) is 0 Å². The largest absolute Gasteiger partial charge is 0.322 e. The lowest BCUT2D eigenvalue weighted by atomic mass is 9.99. The van der Waals surface area contributed by atoms with Crippen molar-refractivity contribution in [3.05, 3.63) is 90.3 Å². The Labute approximate surface area is 157 Å². The molecule has 3 aromatic carbocycles. The minimum atomic E-state index is -0.141. The highest BCUT2D eigenvalue weighted by Crippen LogP contribution is 2.24. The third-order valence-electron chi connectivity index (χ3n) is 4.41. The van der Waals surface area contributed by atoms with E-state index < -0.39 is 0 Å². The van der Waals surface area contributed by atoms with Crippen LogP contribution < -0.4 is 5.32 Å². The number of aromatic amines is 1. The topological polar surface area (TPSA) is 70.7 Å². The van der Waals surface area contributed by atoms with E-state index in [4.69, 9.17) is 0 Å². The summed E-state index contributed by atoms with van der Waals surface area (Å²) in [5.74, 6) is 0.552. The molecule has 1 aromatic heterocycles. The first kappa shape index (κ1) is 16.7. The van der Waals surface area contributed by atoms with Crippen LogP contribution in [0, 0.1) is 6.92 Å². The molecule has 0 bridgehead atoms. The number of hydrogen-bond acceptors (Lipinski definition) is 3. The molecule has 4 aromatic rings. The Morgan fingerprint density at radius 1 is 0.926 bits per heavy atom. The predicted octanol–water partition coefficient (Wildman–Crippen LogP) is 4.70. The van der Waals surface area contributed by atoms with Gasteiger partial charge in [-0.25, -0.2) is 4.98 Å². The average Bonchev–Trinajstić information content (AvgIpc) is 3.24. The van der Waals surface area contributed by atoms with Crippen LogP contribution in [0.4, 0.5) is 5.69 Å². The van der Waals surface area contributed by atoms with E-state index in [1.165, 1.54) is 11.9 Å². The minimum absolute atomic E-state index is 0.141. The second-order valence-electron chi connectivity index (χ2n) is 6.26. The Bertz CT molecular complexity index is 1070. The van der Waals surface area contributed by atoms with Crippen LogP contribution in [0.15, 0.2) is 79.1 Å². The van der Waals surface area contributed by atoms with E-state index in [2.05, 4.69) is 39.6 Å². The Kier molecular flexibility index (Phi) is 4.49. The van der Waals surface area contributed by atoms with Gasteiger partial charge in [-0.3, -0.25) is 9.89 Å². The number of nitrogens with zero attached hydrogens (tertiary/aromatic N) is 2. The maximum absolute atomic E-state index is 12.7. The van der Waals surface area contributed by atoms with Gasteiger partial charge in [0, 0.05) is 16.8 Å². The number of carbonyl (C=O) groups is 1. The summed E-state index contributed by atoms with van der Waals surface area (Å²) in [4.78, 5) is 16.8. The first-order chi connectivity index (χ1) is 13.2. The van der Waals surface area contributed by atoms with Gasteiger partial charge in [-0.15, -0.1) is 0 Å². The van der Waals surface area contributed by atoms with Gasteiger partial charge in [-0.1, -0.05) is 36.4 Å². The molecule has 4 rings (SSSR count). The zero-order valence-corrected chi connectivity index (χ0v) is 14.8. The van der Waals surface area contributed by atoms with Crippen molar-refractivity contribution in [2.75, 3.05) is 5.32 Å². The van der Waals surface area contributed by atoms with Crippen molar-refractivity contribution in [1.82, 2.24) is 15.2 Å². The van der Waals surface area contributed by atoms with Crippen LogP contribution in [0.5, 0.6) is 0 Å². The number of aryl methyl sites for hydroxylation is 1. The molecule has 5 heteroatoms. The van der Waals surface area contributed by atoms with Crippen molar-refractivity contribution in [2.24, 2.45) is 0 Å². The van der Waals surface area contributed by atoms with Gasteiger partial charge in [-0.05, 0) is 60.0 Å². The molecule has 2 N–H and O–H groups in total. The van der Waals surface area contributed by atoms with Gasteiger partial charge < -0.3 is 5.32 Å². The average molecular weight is 354 g/mol. The summed E-state index contributed by atoms with van der Waals surface area (Å²) in [6, 6.07) is 23.3. The number of benzene rings is 3. The quantitative estimate of drug-likeness (QED) is 0.558. The lowest BCUT2D eigenvalue weighted by Gasteiger charge is -2.09. The maximum Gasteiger partial charge on any atom is 0.255 e.